The quantitative estimate of drug-likeness (QED) is 0.145. The van der Waals surface area contributed by atoms with Gasteiger partial charge in [-0.05, 0) is 25.2 Å². The molecule has 0 aromatic carbocycles. The SMILES string of the molecule is CC(C)CCCCCO.CCCCCCCCCC(=O)O.CCCCCCCCCC(=O)O. The number of carboxylic acids is 2. The van der Waals surface area contributed by atoms with Gasteiger partial charge in [-0.15, -0.1) is 0 Å². The smallest absolute Gasteiger partial charge is 0.303 e. The molecule has 0 aromatic rings. The maximum absolute atomic E-state index is 10.1. The fourth-order valence-electron chi connectivity index (χ4n) is 3.31. The summed E-state index contributed by atoms with van der Waals surface area (Å²) in [6.07, 6.45) is 22.0. The van der Waals surface area contributed by atoms with Gasteiger partial charge in [0.15, 0.2) is 0 Å². The maximum Gasteiger partial charge on any atom is 0.303 e. The number of carbonyl (C=O) groups is 2. The van der Waals surface area contributed by atoms with Gasteiger partial charge in [0.2, 0.25) is 0 Å². The molecular formula is C28H58O5. The lowest BCUT2D eigenvalue weighted by Gasteiger charge is -2.01. The van der Waals surface area contributed by atoms with Crippen molar-refractivity contribution >= 4 is 11.9 Å². The summed E-state index contributed by atoms with van der Waals surface area (Å²) in [6.45, 7) is 9.23. The van der Waals surface area contributed by atoms with Crippen LogP contribution in [0.4, 0.5) is 0 Å². The predicted octanol–water partition coefficient (Wildman–Crippen LogP) is 8.62. The van der Waals surface area contributed by atoms with Crippen molar-refractivity contribution in [3.63, 3.8) is 0 Å². The van der Waals surface area contributed by atoms with Crippen molar-refractivity contribution in [2.45, 2.75) is 156 Å². The largest absolute Gasteiger partial charge is 0.481 e. The lowest BCUT2D eigenvalue weighted by atomic mass is 10.1. The van der Waals surface area contributed by atoms with Gasteiger partial charge < -0.3 is 15.3 Å². The van der Waals surface area contributed by atoms with Crippen LogP contribution in [0.1, 0.15) is 156 Å². The molecule has 0 rings (SSSR count). The molecule has 200 valence electrons. The van der Waals surface area contributed by atoms with Gasteiger partial charge in [0.1, 0.15) is 0 Å². The molecule has 0 aromatic heterocycles. The Morgan fingerprint density at radius 2 is 0.879 bits per heavy atom. The highest BCUT2D eigenvalue weighted by atomic mass is 16.4. The minimum atomic E-state index is -0.663. The second-order valence-corrected chi connectivity index (χ2v) is 9.50. The molecule has 5 nitrogen and oxygen atoms in total. The summed E-state index contributed by atoms with van der Waals surface area (Å²) in [6, 6.07) is 0. The molecule has 33 heavy (non-hydrogen) atoms. The van der Waals surface area contributed by atoms with E-state index in [-0.39, 0.29) is 0 Å². The van der Waals surface area contributed by atoms with E-state index >= 15 is 0 Å². The number of unbranched alkanes of at least 4 members (excludes halogenated alkanes) is 14. The van der Waals surface area contributed by atoms with Crippen LogP contribution < -0.4 is 0 Å². The van der Waals surface area contributed by atoms with E-state index in [0.717, 1.165) is 38.0 Å². The molecule has 0 atom stereocenters. The highest BCUT2D eigenvalue weighted by Gasteiger charge is 1.96. The van der Waals surface area contributed by atoms with E-state index < -0.39 is 11.9 Å². The molecule has 0 aliphatic rings. The Morgan fingerprint density at radius 1 is 0.545 bits per heavy atom. The number of aliphatic hydroxyl groups is 1. The number of aliphatic hydroxyl groups excluding tert-OH is 1. The summed E-state index contributed by atoms with van der Waals surface area (Å²) in [5.41, 5.74) is 0. The first kappa shape index (κ1) is 36.5. The fourth-order valence-corrected chi connectivity index (χ4v) is 3.31. The van der Waals surface area contributed by atoms with Crippen molar-refractivity contribution in [2.24, 2.45) is 5.92 Å². The van der Waals surface area contributed by atoms with Crippen LogP contribution >= 0.6 is 0 Å². The Balaban J connectivity index is -0.000000414. The number of rotatable bonds is 21. The van der Waals surface area contributed by atoms with Crippen LogP contribution in [0.15, 0.2) is 0 Å². The van der Waals surface area contributed by atoms with Crippen molar-refractivity contribution in [2.75, 3.05) is 6.61 Å². The van der Waals surface area contributed by atoms with Crippen LogP contribution in [0, 0.1) is 5.92 Å². The van der Waals surface area contributed by atoms with Crippen LogP contribution in [0.3, 0.4) is 0 Å². The summed E-state index contributed by atoms with van der Waals surface area (Å²) in [7, 11) is 0. The average Bonchev–Trinajstić information content (AvgIpc) is 2.76. The highest BCUT2D eigenvalue weighted by molar-refractivity contribution is 5.66. The molecule has 0 unspecified atom stereocenters. The topological polar surface area (TPSA) is 94.8 Å². The lowest BCUT2D eigenvalue weighted by molar-refractivity contribution is -0.138. The summed E-state index contributed by atoms with van der Waals surface area (Å²) in [4.78, 5) is 20.3. The van der Waals surface area contributed by atoms with Gasteiger partial charge in [-0.1, -0.05) is 124 Å². The third-order valence-electron chi connectivity index (χ3n) is 5.43. The first-order chi connectivity index (χ1) is 15.8. The van der Waals surface area contributed by atoms with E-state index in [2.05, 4.69) is 27.7 Å². The third-order valence-corrected chi connectivity index (χ3v) is 5.43. The first-order valence-corrected chi connectivity index (χ1v) is 13.9. The van der Waals surface area contributed by atoms with Gasteiger partial charge in [0.25, 0.3) is 0 Å². The van der Waals surface area contributed by atoms with Gasteiger partial charge in [0.05, 0.1) is 0 Å². The van der Waals surface area contributed by atoms with Crippen molar-refractivity contribution in [3.05, 3.63) is 0 Å². The second kappa shape index (κ2) is 33.1. The molecular weight excluding hydrogens is 416 g/mol. The van der Waals surface area contributed by atoms with Gasteiger partial charge >= 0.3 is 11.9 Å². The van der Waals surface area contributed by atoms with E-state index in [1.807, 2.05) is 0 Å². The first-order valence-electron chi connectivity index (χ1n) is 13.9. The minimum Gasteiger partial charge on any atom is -0.481 e. The van der Waals surface area contributed by atoms with Gasteiger partial charge in [0, 0.05) is 19.4 Å². The summed E-state index contributed by atoms with van der Waals surface area (Å²) in [5.74, 6) is -0.504. The van der Waals surface area contributed by atoms with Gasteiger partial charge in [-0.25, -0.2) is 0 Å². The van der Waals surface area contributed by atoms with E-state index in [4.69, 9.17) is 15.3 Å². The summed E-state index contributed by atoms with van der Waals surface area (Å²) in [5, 5.41) is 25.1. The Kier molecular flexibility index (Phi) is 36.6. The lowest BCUT2D eigenvalue weighted by Crippen LogP contribution is -1.93. The van der Waals surface area contributed by atoms with E-state index in [9.17, 15) is 9.59 Å². The fraction of sp³-hybridized carbons (Fsp3) is 0.929. The molecule has 0 fully saturated rings. The normalized spacial score (nSPS) is 10.2. The molecule has 0 amide bonds. The average molecular weight is 475 g/mol. The Morgan fingerprint density at radius 3 is 1.18 bits per heavy atom. The van der Waals surface area contributed by atoms with Crippen LogP contribution in [0.5, 0.6) is 0 Å². The molecule has 0 saturated heterocycles. The molecule has 0 bridgehead atoms. The third kappa shape index (κ3) is 49.2. The Bertz CT molecular complexity index is 354. The van der Waals surface area contributed by atoms with Crippen molar-refractivity contribution in [1.82, 2.24) is 0 Å². The standard InChI is InChI=1S/2C10H20O2.C8H18O/c2*1-2-3-4-5-6-7-8-9-10(11)12;1-8(2)6-4-3-5-7-9/h2*2-9H2,1H3,(H,11,12);8-9H,3-7H2,1-2H3. The van der Waals surface area contributed by atoms with Gasteiger partial charge in [-0.3, -0.25) is 9.59 Å². The number of carboxylic acid groups (broad SMARTS) is 2. The molecule has 0 heterocycles. The molecule has 0 saturated carbocycles. The van der Waals surface area contributed by atoms with Crippen LogP contribution in [0.2, 0.25) is 0 Å². The highest BCUT2D eigenvalue weighted by Crippen LogP contribution is 2.09. The number of hydrogen-bond donors (Lipinski definition) is 3. The molecule has 0 aliphatic carbocycles. The zero-order valence-corrected chi connectivity index (χ0v) is 22.6. The predicted molar refractivity (Wildman–Crippen MR) is 141 cm³/mol. The Labute approximate surface area is 205 Å². The minimum absolute atomic E-state index is 0.341. The van der Waals surface area contributed by atoms with Crippen LogP contribution in [0.25, 0.3) is 0 Å². The molecule has 0 aliphatic heterocycles. The maximum atomic E-state index is 10.1. The molecule has 5 heteroatoms. The van der Waals surface area contributed by atoms with E-state index in [1.54, 1.807) is 0 Å². The number of hydrogen-bond acceptors (Lipinski definition) is 3. The van der Waals surface area contributed by atoms with Crippen molar-refractivity contribution < 1.29 is 24.9 Å². The van der Waals surface area contributed by atoms with Crippen molar-refractivity contribution in [1.29, 1.82) is 0 Å². The van der Waals surface area contributed by atoms with Crippen molar-refractivity contribution in [3.8, 4) is 0 Å². The van der Waals surface area contributed by atoms with Crippen LogP contribution in [-0.2, 0) is 9.59 Å². The van der Waals surface area contributed by atoms with Gasteiger partial charge in [-0.2, -0.15) is 0 Å². The molecule has 0 radical (unpaired) electrons. The molecule has 3 N–H and O–H groups in total. The van der Waals surface area contributed by atoms with Crippen LogP contribution in [-0.4, -0.2) is 33.9 Å². The zero-order valence-electron chi connectivity index (χ0n) is 22.6. The number of aliphatic carboxylic acids is 2. The Hall–Kier alpha value is -1.10. The van der Waals surface area contributed by atoms with E-state index in [1.165, 1.54) is 83.5 Å². The second-order valence-electron chi connectivity index (χ2n) is 9.50. The van der Waals surface area contributed by atoms with E-state index in [0.29, 0.717) is 19.4 Å². The monoisotopic (exact) mass is 474 g/mol. The molecule has 0 spiro atoms. The summed E-state index contributed by atoms with van der Waals surface area (Å²) < 4.78 is 0. The summed E-state index contributed by atoms with van der Waals surface area (Å²) >= 11 is 0. The zero-order chi connectivity index (χ0) is 25.6.